The maximum atomic E-state index is 6.20. The quantitative estimate of drug-likeness (QED) is 0.683. The SMILES string of the molecule is COC1CC(N2CCNCC2)CCC1OCCCN1CCOCC1. The van der Waals surface area contributed by atoms with E-state index in [0.717, 1.165) is 71.8 Å². The van der Waals surface area contributed by atoms with Crippen molar-refractivity contribution < 1.29 is 14.2 Å². The summed E-state index contributed by atoms with van der Waals surface area (Å²) in [5.41, 5.74) is 0. The smallest absolute Gasteiger partial charge is 0.0847 e. The summed E-state index contributed by atoms with van der Waals surface area (Å²) in [7, 11) is 1.84. The first-order valence-corrected chi connectivity index (χ1v) is 9.76. The molecule has 0 spiro atoms. The van der Waals surface area contributed by atoms with Crippen molar-refractivity contribution in [1.82, 2.24) is 15.1 Å². The first kappa shape index (κ1) is 18.5. The van der Waals surface area contributed by atoms with E-state index in [2.05, 4.69) is 15.1 Å². The molecule has 0 amide bonds. The molecule has 1 aliphatic carbocycles. The summed E-state index contributed by atoms with van der Waals surface area (Å²) in [4.78, 5) is 5.11. The second-order valence-corrected chi connectivity index (χ2v) is 7.24. The Hall–Kier alpha value is -0.240. The van der Waals surface area contributed by atoms with Gasteiger partial charge >= 0.3 is 0 Å². The minimum atomic E-state index is 0.252. The van der Waals surface area contributed by atoms with E-state index < -0.39 is 0 Å². The minimum absolute atomic E-state index is 0.252. The van der Waals surface area contributed by atoms with Crippen LogP contribution in [-0.4, -0.2) is 101 Å². The molecule has 2 saturated heterocycles. The highest BCUT2D eigenvalue weighted by Crippen LogP contribution is 2.27. The number of ether oxygens (including phenoxy) is 3. The number of morpholine rings is 1. The van der Waals surface area contributed by atoms with Crippen molar-refractivity contribution in [3.05, 3.63) is 0 Å². The van der Waals surface area contributed by atoms with Crippen LogP contribution in [0.3, 0.4) is 0 Å². The highest BCUT2D eigenvalue weighted by atomic mass is 16.5. The van der Waals surface area contributed by atoms with Crippen molar-refractivity contribution in [3.63, 3.8) is 0 Å². The van der Waals surface area contributed by atoms with Gasteiger partial charge in [-0.25, -0.2) is 0 Å². The van der Waals surface area contributed by atoms with Crippen LogP contribution in [0.4, 0.5) is 0 Å². The first-order valence-electron chi connectivity index (χ1n) is 9.76. The predicted octanol–water partition coefficient (Wildman–Crippen LogP) is 0.567. The molecule has 6 nitrogen and oxygen atoms in total. The van der Waals surface area contributed by atoms with Gasteiger partial charge in [-0.1, -0.05) is 0 Å². The van der Waals surface area contributed by atoms with Crippen molar-refractivity contribution >= 4 is 0 Å². The monoisotopic (exact) mass is 341 g/mol. The number of methoxy groups -OCH3 is 1. The van der Waals surface area contributed by atoms with Crippen molar-refractivity contribution in [2.45, 2.75) is 43.9 Å². The molecule has 24 heavy (non-hydrogen) atoms. The number of rotatable bonds is 7. The number of piperazine rings is 1. The molecule has 3 aliphatic rings. The summed E-state index contributed by atoms with van der Waals surface area (Å²) in [5.74, 6) is 0. The van der Waals surface area contributed by atoms with E-state index in [-0.39, 0.29) is 12.2 Å². The van der Waals surface area contributed by atoms with E-state index in [1.165, 1.54) is 19.5 Å². The van der Waals surface area contributed by atoms with Crippen LogP contribution in [0.5, 0.6) is 0 Å². The Morgan fingerprint density at radius 2 is 1.83 bits per heavy atom. The van der Waals surface area contributed by atoms with Gasteiger partial charge in [0.15, 0.2) is 0 Å². The molecule has 6 heteroatoms. The van der Waals surface area contributed by atoms with Gasteiger partial charge in [0, 0.05) is 65.6 Å². The van der Waals surface area contributed by atoms with Crippen LogP contribution in [0.1, 0.15) is 25.7 Å². The zero-order valence-corrected chi connectivity index (χ0v) is 15.3. The van der Waals surface area contributed by atoms with Gasteiger partial charge in [-0.15, -0.1) is 0 Å². The lowest BCUT2D eigenvalue weighted by molar-refractivity contribution is -0.0953. The normalized spacial score (nSPS) is 33.6. The Bertz CT molecular complexity index is 346. The molecule has 0 radical (unpaired) electrons. The molecule has 3 unspecified atom stereocenters. The van der Waals surface area contributed by atoms with Crippen LogP contribution in [0.2, 0.25) is 0 Å². The van der Waals surface area contributed by atoms with Crippen molar-refractivity contribution in [2.75, 3.05) is 72.7 Å². The van der Waals surface area contributed by atoms with Gasteiger partial charge in [-0.05, 0) is 25.7 Å². The minimum Gasteiger partial charge on any atom is -0.379 e. The molecular formula is C18H35N3O3. The Balaban J connectivity index is 1.35. The molecule has 2 heterocycles. The van der Waals surface area contributed by atoms with Crippen LogP contribution in [0, 0.1) is 0 Å². The predicted molar refractivity (Wildman–Crippen MR) is 94.5 cm³/mol. The average Bonchev–Trinajstić information content (AvgIpc) is 2.67. The first-order chi connectivity index (χ1) is 11.9. The number of nitrogens with zero attached hydrogens (tertiary/aromatic N) is 2. The Labute approximate surface area is 146 Å². The number of hydrogen-bond donors (Lipinski definition) is 1. The van der Waals surface area contributed by atoms with E-state index in [4.69, 9.17) is 14.2 Å². The lowest BCUT2D eigenvalue weighted by Crippen LogP contribution is -2.52. The Morgan fingerprint density at radius 3 is 2.58 bits per heavy atom. The number of hydrogen-bond acceptors (Lipinski definition) is 6. The fourth-order valence-electron chi connectivity index (χ4n) is 4.25. The zero-order valence-electron chi connectivity index (χ0n) is 15.3. The van der Waals surface area contributed by atoms with E-state index in [9.17, 15) is 0 Å². The van der Waals surface area contributed by atoms with Crippen molar-refractivity contribution in [1.29, 1.82) is 0 Å². The van der Waals surface area contributed by atoms with Gasteiger partial charge < -0.3 is 19.5 Å². The van der Waals surface area contributed by atoms with E-state index in [1.54, 1.807) is 0 Å². The van der Waals surface area contributed by atoms with Crippen LogP contribution in [0.15, 0.2) is 0 Å². The summed E-state index contributed by atoms with van der Waals surface area (Å²) < 4.78 is 17.4. The topological polar surface area (TPSA) is 46.2 Å². The highest BCUT2D eigenvalue weighted by molar-refractivity contribution is 4.88. The Morgan fingerprint density at radius 1 is 1.04 bits per heavy atom. The lowest BCUT2D eigenvalue weighted by Gasteiger charge is -2.42. The summed E-state index contributed by atoms with van der Waals surface area (Å²) in [5, 5.41) is 3.44. The molecule has 0 aromatic heterocycles. The molecule has 0 aromatic rings. The van der Waals surface area contributed by atoms with Gasteiger partial charge in [0.1, 0.15) is 0 Å². The van der Waals surface area contributed by atoms with Crippen LogP contribution in [-0.2, 0) is 14.2 Å². The molecule has 140 valence electrons. The second-order valence-electron chi connectivity index (χ2n) is 7.24. The van der Waals surface area contributed by atoms with Crippen LogP contribution in [0.25, 0.3) is 0 Å². The molecule has 0 bridgehead atoms. The zero-order chi connectivity index (χ0) is 16.6. The highest BCUT2D eigenvalue weighted by Gasteiger charge is 2.34. The summed E-state index contributed by atoms with van der Waals surface area (Å²) in [6.45, 7) is 10.4. The number of nitrogens with one attached hydrogen (secondary N) is 1. The van der Waals surface area contributed by atoms with Crippen LogP contribution >= 0.6 is 0 Å². The fraction of sp³-hybridized carbons (Fsp3) is 1.00. The largest absolute Gasteiger partial charge is 0.379 e. The van der Waals surface area contributed by atoms with E-state index in [1.807, 2.05) is 7.11 Å². The molecular weight excluding hydrogens is 306 g/mol. The molecule has 0 aromatic carbocycles. The fourth-order valence-corrected chi connectivity index (χ4v) is 4.25. The van der Waals surface area contributed by atoms with Gasteiger partial charge in [-0.3, -0.25) is 9.80 Å². The van der Waals surface area contributed by atoms with Gasteiger partial charge in [-0.2, -0.15) is 0 Å². The third-order valence-electron chi connectivity index (χ3n) is 5.73. The third kappa shape index (κ3) is 5.38. The van der Waals surface area contributed by atoms with Gasteiger partial charge in [0.05, 0.1) is 25.4 Å². The Kier molecular flexibility index (Phi) is 7.76. The molecule has 3 fully saturated rings. The van der Waals surface area contributed by atoms with Crippen LogP contribution < -0.4 is 5.32 Å². The molecule has 3 rings (SSSR count). The second kappa shape index (κ2) is 10.0. The maximum absolute atomic E-state index is 6.20. The summed E-state index contributed by atoms with van der Waals surface area (Å²) >= 11 is 0. The van der Waals surface area contributed by atoms with Gasteiger partial charge in [0.2, 0.25) is 0 Å². The standard InChI is InChI=1S/C18H35N3O3/c1-22-18-15-16(21-8-5-19-6-9-21)3-4-17(18)24-12-2-7-20-10-13-23-14-11-20/h16-19H,2-15H2,1H3. The third-order valence-corrected chi connectivity index (χ3v) is 5.73. The molecule has 1 N–H and O–H groups in total. The summed E-state index contributed by atoms with van der Waals surface area (Å²) in [6.07, 6.45) is 5.12. The average molecular weight is 341 g/mol. The lowest BCUT2D eigenvalue weighted by atomic mass is 9.89. The maximum Gasteiger partial charge on any atom is 0.0847 e. The molecule has 2 aliphatic heterocycles. The molecule has 3 atom stereocenters. The summed E-state index contributed by atoms with van der Waals surface area (Å²) in [6, 6.07) is 0.672. The van der Waals surface area contributed by atoms with Gasteiger partial charge in [0.25, 0.3) is 0 Å². The van der Waals surface area contributed by atoms with E-state index >= 15 is 0 Å². The molecule has 1 saturated carbocycles. The van der Waals surface area contributed by atoms with Crippen molar-refractivity contribution in [3.8, 4) is 0 Å². The van der Waals surface area contributed by atoms with E-state index in [0.29, 0.717) is 6.04 Å². The van der Waals surface area contributed by atoms with Crippen molar-refractivity contribution in [2.24, 2.45) is 0 Å².